The summed E-state index contributed by atoms with van der Waals surface area (Å²) in [7, 11) is 0. The number of aromatic nitrogens is 3. The van der Waals surface area contributed by atoms with Gasteiger partial charge in [-0.1, -0.05) is 12.1 Å². The first-order valence-corrected chi connectivity index (χ1v) is 8.44. The SMILES string of the molecule is Nc1ncnc2c1c(F)cn2[C@@H]1C[C@H]([C@@H](O)c2ccc(F)cc2)[C@@H](O)[C@H]1O. The molecule has 5 N–H and O–H groups in total. The first kappa shape index (κ1) is 17.8. The summed E-state index contributed by atoms with van der Waals surface area (Å²) in [6.07, 6.45) is -1.12. The molecule has 7 nitrogen and oxygen atoms in total. The lowest BCUT2D eigenvalue weighted by Gasteiger charge is -2.22. The van der Waals surface area contributed by atoms with Gasteiger partial charge in [-0.15, -0.1) is 0 Å². The van der Waals surface area contributed by atoms with Crippen molar-refractivity contribution in [2.75, 3.05) is 5.73 Å². The maximum Gasteiger partial charge on any atom is 0.154 e. The average Bonchev–Trinajstić information content (AvgIpc) is 3.13. The van der Waals surface area contributed by atoms with E-state index >= 15 is 0 Å². The van der Waals surface area contributed by atoms with Crippen LogP contribution < -0.4 is 5.73 Å². The molecule has 0 spiro atoms. The van der Waals surface area contributed by atoms with Crippen LogP contribution in [-0.2, 0) is 0 Å². The van der Waals surface area contributed by atoms with Crippen LogP contribution in [0.1, 0.15) is 24.1 Å². The van der Waals surface area contributed by atoms with Crippen LogP contribution in [0.2, 0.25) is 0 Å². The van der Waals surface area contributed by atoms with Crippen LogP contribution in [0.3, 0.4) is 0 Å². The zero-order chi connectivity index (χ0) is 19.3. The Kier molecular flexibility index (Phi) is 4.29. The number of anilines is 1. The fraction of sp³-hybridized carbons (Fsp3) is 0.333. The lowest BCUT2D eigenvalue weighted by Crippen LogP contribution is -2.31. The van der Waals surface area contributed by atoms with Crippen molar-refractivity contribution < 1.29 is 24.1 Å². The highest BCUT2D eigenvalue weighted by Crippen LogP contribution is 2.43. The van der Waals surface area contributed by atoms with Crippen molar-refractivity contribution in [1.29, 1.82) is 0 Å². The number of aliphatic hydroxyl groups excluding tert-OH is 3. The highest BCUT2D eigenvalue weighted by Gasteiger charge is 2.46. The molecule has 4 rings (SSSR count). The smallest absolute Gasteiger partial charge is 0.154 e. The third kappa shape index (κ3) is 2.84. The second-order valence-electron chi connectivity index (χ2n) is 6.79. The number of fused-ring (bicyclic) bond motifs is 1. The highest BCUT2D eigenvalue weighted by molar-refractivity contribution is 5.86. The summed E-state index contributed by atoms with van der Waals surface area (Å²) in [5.74, 6) is -1.82. The maximum absolute atomic E-state index is 14.3. The Morgan fingerprint density at radius 2 is 1.81 bits per heavy atom. The van der Waals surface area contributed by atoms with E-state index in [0.717, 1.165) is 6.20 Å². The van der Waals surface area contributed by atoms with Gasteiger partial charge in [0.15, 0.2) is 5.82 Å². The van der Waals surface area contributed by atoms with Gasteiger partial charge in [-0.2, -0.15) is 0 Å². The summed E-state index contributed by atoms with van der Waals surface area (Å²) < 4.78 is 28.8. The molecule has 0 saturated heterocycles. The monoisotopic (exact) mass is 376 g/mol. The maximum atomic E-state index is 14.3. The van der Waals surface area contributed by atoms with E-state index in [0.29, 0.717) is 5.56 Å². The van der Waals surface area contributed by atoms with E-state index in [1.54, 1.807) is 0 Å². The molecule has 27 heavy (non-hydrogen) atoms. The molecule has 1 aliphatic rings. The number of benzene rings is 1. The van der Waals surface area contributed by atoms with Gasteiger partial charge in [0.1, 0.15) is 29.7 Å². The second-order valence-corrected chi connectivity index (χ2v) is 6.79. The van der Waals surface area contributed by atoms with Gasteiger partial charge in [-0.05, 0) is 24.1 Å². The number of halogens is 2. The van der Waals surface area contributed by atoms with E-state index in [4.69, 9.17) is 5.73 Å². The minimum Gasteiger partial charge on any atom is -0.390 e. The first-order chi connectivity index (χ1) is 12.9. The van der Waals surface area contributed by atoms with Crippen molar-refractivity contribution in [1.82, 2.24) is 14.5 Å². The third-order valence-corrected chi connectivity index (χ3v) is 5.26. The first-order valence-electron chi connectivity index (χ1n) is 8.44. The Morgan fingerprint density at radius 1 is 1.11 bits per heavy atom. The molecule has 142 valence electrons. The molecule has 2 heterocycles. The zero-order valence-corrected chi connectivity index (χ0v) is 14.1. The predicted octanol–water partition coefficient (Wildman–Crippen LogP) is 1.31. The summed E-state index contributed by atoms with van der Waals surface area (Å²) in [6.45, 7) is 0. The Labute approximate surface area is 152 Å². The Hall–Kier alpha value is -2.62. The van der Waals surface area contributed by atoms with Gasteiger partial charge in [0, 0.05) is 12.1 Å². The Bertz CT molecular complexity index is 979. The molecule has 1 fully saturated rings. The van der Waals surface area contributed by atoms with E-state index in [2.05, 4.69) is 9.97 Å². The van der Waals surface area contributed by atoms with Gasteiger partial charge in [-0.25, -0.2) is 18.7 Å². The normalized spacial score (nSPS) is 26.6. The van der Waals surface area contributed by atoms with Gasteiger partial charge < -0.3 is 25.6 Å². The van der Waals surface area contributed by atoms with Crippen molar-refractivity contribution in [3.05, 3.63) is 54.0 Å². The molecule has 1 saturated carbocycles. The molecule has 9 heteroatoms. The number of aliphatic hydroxyl groups is 3. The van der Waals surface area contributed by atoms with Crippen molar-refractivity contribution in [3.8, 4) is 0 Å². The van der Waals surface area contributed by atoms with Crippen LogP contribution in [0.25, 0.3) is 11.0 Å². The van der Waals surface area contributed by atoms with Crippen LogP contribution in [0.4, 0.5) is 14.6 Å². The lowest BCUT2D eigenvalue weighted by molar-refractivity contribution is -0.0265. The van der Waals surface area contributed by atoms with Gasteiger partial charge in [0.25, 0.3) is 0 Å². The molecule has 0 unspecified atom stereocenters. The minimum atomic E-state index is -1.25. The summed E-state index contributed by atoms with van der Waals surface area (Å²) in [5.41, 5.74) is 6.33. The van der Waals surface area contributed by atoms with Crippen LogP contribution in [0, 0.1) is 17.6 Å². The summed E-state index contributed by atoms with van der Waals surface area (Å²) in [5, 5.41) is 31.6. The van der Waals surface area contributed by atoms with Crippen LogP contribution >= 0.6 is 0 Å². The predicted molar refractivity (Wildman–Crippen MR) is 92.4 cm³/mol. The summed E-state index contributed by atoms with van der Waals surface area (Å²) in [4.78, 5) is 7.80. The molecular formula is C18H18F2N4O3. The highest BCUT2D eigenvalue weighted by atomic mass is 19.1. The standard InChI is InChI=1S/C18H18F2N4O3/c19-9-3-1-8(2-4-9)14(25)10-5-12(16(27)15(10)26)24-6-11(20)13-17(21)22-7-23-18(13)24/h1-4,6-7,10,12,14-16,25-27H,5H2,(H2,21,22,23)/t10-,12-,14+,15-,16+/m1/s1. The number of nitrogens with zero attached hydrogens (tertiary/aromatic N) is 3. The average molecular weight is 376 g/mol. The van der Waals surface area contributed by atoms with Crippen molar-refractivity contribution >= 4 is 16.9 Å². The summed E-state index contributed by atoms with van der Waals surface area (Å²) in [6, 6.07) is 4.54. The number of nitrogen functional groups attached to an aromatic ring is 1. The van der Waals surface area contributed by atoms with Crippen molar-refractivity contribution in [2.24, 2.45) is 5.92 Å². The van der Waals surface area contributed by atoms with Gasteiger partial charge in [-0.3, -0.25) is 0 Å². The fourth-order valence-corrected chi connectivity index (χ4v) is 3.85. The quantitative estimate of drug-likeness (QED) is 0.548. The van der Waals surface area contributed by atoms with E-state index in [9.17, 15) is 24.1 Å². The van der Waals surface area contributed by atoms with E-state index in [-0.39, 0.29) is 23.3 Å². The molecule has 0 radical (unpaired) electrons. The third-order valence-electron chi connectivity index (χ3n) is 5.26. The molecule has 0 aliphatic heterocycles. The Morgan fingerprint density at radius 3 is 2.52 bits per heavy atom. The summed E-state index contributed by atoms with van der Waals surface area (Å²) >= 11 is 0. The molecule has 2 aromatic heterocycles. The van der Waals surface area contributed by atoms with E-state index in [1.807, 2.05) is 0 Å². The molecule has 0 bridgehead atoms. The molecular weight excluding hydrogens is 358 g/mol. The van der Waals surface area contributed by atoms with Gasteiger partial charge in [0.2, 0.25) is 0 Å². The number of rotatable bonds is 3. The van der Waals surface area contributed by atoms with Crippen LogP contribution in [-0.4, -0.2) is 42.1 Å². The zero-order valence-electron chi connectivity index (χ0n) is 14.1. The van der Waals surface area contributed by atoms with Gasteiger partial charge in [0.05, 0.1) is 23.6 Å². The molecule has 1 aliphatic carbocycles. The number of hydrogen-bond donors (Lipinski definition) is 4. The van der Waals surface area contributed by atoms with E-state index in [1.165, 1.54) is 35.2 Å². The Balaban J connectivity index is 1.68. The topological polar surface area (TPSA) is 117 Å². The molecule has 0 amide bonds. The van der Waals surface area contributed by atoms with Gasteiger partial charge >= 0.3 is 0 Å². The van der Waals surface area contributed by atoms with Crippen LogP contribution in [0.5, 0.6) is 0 Å². The van der Waals surface area contributed by atoms with E-state index < -0.39 is 41.9 Å². The molecule has 1 aromatic carbocycles. The van der Waals surface area contributed by atoms with Crippen molar-refractivity contribution in [3.63, 3.8) is 0 Å². The second kappa shape index (κ2) is 6.52. The minimum absolute atomic E-state index is 0.0211. The molecule has 3 aromatic rings. The van der Waals surface area contributed by atoms with Crippen molar-refractivity contribution in [2.45, 2.75) is 30.8 Å². The number of hydrogen-bond acceptors (Lipinski definition) is 6. The molecule has 5 atom stereocenters. The largest absolute Gasteiger partial charge is 0.390 e. The number of nitrogens with two attached hydrogens (primary N) is 1. The lowest BCUT2D eigenvalue weighted by atomic mass is 9.92. The fourth-order valence-electron chi connectivity index (χ4n) is 3.85. The van der Waals surface area contributed by atoms with Crippen LogP contribution in [0.15, 0.2) is 36.8 Å².